The lowest BCUT2D eigenvalue weighted by molar-refractivity contribution is -0.130. The third-order valence-electron chi connectivity index (χ3n) is 2.43. The summed E-state index contributed by atoms with van der Waals surface area (Å²) >= 11 is 3.31. The van der Waals surface area contributed by atoms with Gasteiger partial charge < -0.3 is 4.57 Å². The van der Waals surface area contributed by atoms with Gasteiger partial charge in [0, 0.05) is 6.54 Å². The maximum absolute atomic E-state index is 11.9. The Bertz CT molecular complexity index is 425. The van der Waals surface area contributed by atoms with Gasteiger partial charge in [-0.2, -0.15) is 0 Å². The van der Waals surface area contributed by atoms with Crippen LogP contribution in [0.4, 0.5) is 0 Å². The molecule has 1 aromatic rings. The van der Waals surface area contributed by atoms with Gasteiger partial charge in [0.05, 0.1) is 4.60 Å². The molecule has 80 valence electrons. The molecule has 0 unspecified atom stereocenters. The third-order valence-corrected chi connectivity index (χ3v) is 3.13. The van der Waals surface area contributed by atoms with Gasteiger partial charge in [0.1, 0.15) is 12.2 Å². The molecule has 2 rings (SSSR count). The van der Waals surface area contributed by atoms with E-state index in [0.717, 1.165) is 11.0 Å². The number of imide groups is 1. The van der Waals surface area contributed by atoms with Gasteiger partial charge in [-0.05, 0) is 34.5 Å². The molecule has 0 saturated heterocycles. The molecule has 2 amide bonds. The number of carbonyl (C=O) groups is 2. The second-order valence-corrected chi connectivity index (χ2v) is 4.29. The minimum absolute atomic E-state index is 0.133. The van der Waals surface area contributed by atoms with E-state index in [2.05, 4.69) is 15.9 Å². The Hall–Kier alpha value is -1.10. The van der Waals surface area contributed by atoms with E-state index >= 15 is 0 Å². The molecule has 0 aromatic carbocycles. The summed E-state index contributed by atoms with van der Waals surface area (Å²) in [4.78, 5) is 24.9. The molecule has 2 heterocycles. The van der Waals surface area contributed by atoms with Crippen LogP contribution in [0.25, 0.3) is 0 Å². The summed E-state index contributed by atoms with van der Waals surface area (Å²) in [6.45, 7) is 2.69. The Balaban J connectivity index is 2.39. The molecule has 1 aliphatic rings. The van der Waals surface area contributed by atoms with E-state index in [-0.39, 0.29) is 18.4 Å². The molecule has 0 atom stereocenters. The number of hydrogen-bond donors (Lipinski definition) is 0. The van der Waals surface area contributed by atoms with Gasteiger partial charge >= 0.3 is 0 Å². The normalized spacial score (nSPS) is 15.7. The number of halogens is 1. The van der Waals surface area contributed by atoms with Gasteiger partial charge in [-0.15, -0.1) is 0 Å². The summed E-state index contributed by atoms with van der Waals surface area (Å²) < 4.78 is 2.46. The molecule has 0 aliphatic carbocycles. The monoisotopic (exact) mass is 270 g/mol. The summed E-state index contributed by atoms with van der Waals surface area (Å²) in [5.41, 5.74) is 0.579. The number of aromatic nitrogens is 1. The molecule has 0 spiro atoms. The van der Waals surface area contributed by atoms with Crippen molar-refractivity contribution in [2.45, 2.75) is 19.9 Å². The summed E-state index contributed by atoms with van der Waals surface area (Å²) in [7, 11) is 0. The quantitative estimate of drug-likeness (QED) is 0.767. The first-order chi connectivity index (χ1) is 7.15. The molecular formula is C10H11BrN2O2. The average molecular weight is 271 g/mol. The minimum atomic E-state index is -0.196. The summed E-state index contributed by atoms with van der Waals surface area (Å²) in [6, 6.07) is 3.53. The predicted octanol–water partition coefficient (Wildman–Crippen LogP) is 1.64. The first kappa shape index (κ1) is 10.4. The molecule has 0 bridgehead atoms. The van der Waals surface area contributed by atoms with Gasteiger partial charge in [-0.25, -0.2) is 0 Å². The van der Waals surface area contributed by atoms with Crippen molar-refractivity contribution in [3.8, 4) is 0 Å². The lowest BCUT2D eigenvalue weighted by Gasteiger charge is -2.26. The molecular weight excluding hydrogens is 260 g/mol. The highest BCUT2D eigenvalue weighted by atomic mass is 79.9. The van der Waals surface area contributed by atoms with Crippen molar-refractivity contribution in [3.05, 3.63) is 22.4 Å². The maximum Gasteiger partial charge on any atom is 0.277 e. The van der Waals surface area contributed by atoms with Crippen molar-refractivity contribution >= 4 is 27.7 Å². The molecule has 0 N–H and O–H groups in total. The van der Waals surface area contributed by atoms with Crippen LogP contribution in [0, 0.1) is 0 Å². The standard InChI is InChI=1S/C10H11BrN2O2/c1-2-5-12-9(14)6-13-7(10(12)15)3-4-8(13)11/h3-4H,2,5-6H2,1H3. The smallest absolute Gasteiger partial charge is 0.277 e. The van der Waals surface area contributed by atoms with Crippen LogP contribution in [-0.2, 0) is 11.3 Å². The predicted molar refractivity (Wildman–Crippen MR) is 58.5 cm³/mol. The van der Waals surface area contributed by atoms with Crippen LogP contribution in [-0.4, -0.2) is 27.8 Å². The zero-order chi connectivity index (χ0) is 11.0. The van der Waals surface area contributed by atoms with Gasteiger partial charge in [-0.1, -0.05) is 6.92 Å². The van der Waals surface area contributed by atoms with E-state index in [1.54, 1.807) is 16.7 Å². The van der Waals surface area contributed by atoms with Crippen LogP contribution in [0.2, 0.25) is 0 Å². The van der Waals surface area contributed by atoms with Gasteiger partial charge in [0.15, 0.2) is 0 Å². The zero-order valence-electron chi connectivity index (χ0n) is 8.36. The fourth-order valence-electron chi connectivity index (χ4n) is 1.71. The number of rotatable bonds is 2. The van der Waals surface area contributed by atoms with E-state index < -0.39 is 0 Å². The number of fused-ring (bicyclic) bond motifs is 1. The third kappa shape index (κ3) is 1.61. The topological polar surface area (TPSA) is 42.3 Å². The lowest BCUT2D eigenvalue weighted by Crippen LogP contribution is -2.44. The van der Waals surface area contributed by atoms with E-state index in [0.29, 0.717) is 12.2 Å². The summed E-state index contributed by atoms with van der Waals surface area (Å²) in [5, 5.41) is 0. The second-order valence-electron chi connectivity index (χ2n) is 3.48. The summed E-state index contributed by atoms with van der Waals surface area (Å²) in [5.74, 6) is -0.329. The molecule has 0 saturated carbocycles. The molecule has 0 fully saturated rings. The van der Waals surface area contributed by atoms with E-state index in [9.17, 15) is 9.59 Å². The lowest BCUT2D eigenvalue weighted by atomic mass is 10.2. The maximum atomic E-state index is 11.9. The number of nitrogens with zero attached hydrogens (tertiary/aromatic N) is 2. The fourth-order valence-corrected chi connectivity index (χ4v) is 2.16. The van der Waals surface area contributed by atoms with Gasteiger partial charge in [-0.3, -0.25) is 14.5 Å². The Morgan fingerprint density at radius 2 is 2.13 bits per heavy atom. The molecule has 5 heteroatoms. The van der Waals surface area contributed by atoms with Crippen LogP contribution in [0.1, 0.15) is 23.8 Å². The van der Waals surface area contributed by atoms with Crippen LogP contribution in [0.5, 0.6) is 0 Å². The highest BCUT2D eigenvalue weighted by Gasteiger charge is 2.30. The van der Waals surface area contributed by atoms with Crippen molar-refractivity contribution in [2.24, 2.45) is 0 Å². The number of carbonyl (C=O) groups excluding carboxylic acids is 2. The highest BCUT2D eigenvalue weighted by Crippen LogP contribution is 2.21. The first-order valence-corrected chi connectivity index (χ1v) is 5.64. The minimum Gasteiger partial charge on any atom is -0.322 e. The average Bonchev–Trinajstić information content (AvgIpc) is 2.55. The molecule has 0 radical (unpaired) electrons. The summed E-state index contributed by atoms with van der Waals surface area (Å²) in [6.07, 6.45) is 0.791. The number of hydrogen-bond acceptors (Lipinski definition) is 2. The van der Waals surface area contributed by atoms with Crippen LogP contribution in [0.3, 0.4) is 0 Å². The molecule has 4 nitrogen and oxygen atoms in total. The Kier molecular flexibility index (Phi) is 2.65. The Morgan fingerprint density at radius 3 is 2.80 bits per heavy atom. The Labute approximate surface area is 96.0 Å². The van der Waals surface area contributed by atoms with Crippen LogP contribution in [0.15, 0.2) is 16.7 Å². The van der Waals surface area contributed by atoms with E-state index in [1.165, 1.54) is 4.90 Å². The zero-order valence-corrected chi connectivity index (χ0v) is 9.95. The second kappa shape index (κ2) is 3.81. The molecule has 1 aliphatic heterocycles. The molecule has 1 aromatic heterocycles. The number of amides is 2. The van der Waals surface area contributed by atoms with Gasteiger partial charge in [0.2, 0.25) is 5.91 Å². The fraction of sp³-hybridized carbons (Fsp3) is 0.400. The van der Waals surface area contributed by atoms with E-state index in [4.69, 9.17) is 0 Å². The Morgan fingerprint density at radius 1 is 1.40 bits per heavy atom. The van der Waals surface area contributed by atoms with Gasteiger partial charge in [0.25, 0.3) is 5.91 Å². The van der Waals surface area contributed by atoms with Crippen LogP contribution < -0.4 is 0 Å². The van der Waals surface area contributed by atoms with Crippen molar-refractivity contribution in [3.63, 3.8) is 0 Å². The SMILES string of the molecule is CCCN1C(=O)Cn2c(Br)ccc2C1=O. The molecule has 15 heavy (non-hydrogen) atoms. The van der Waals surface area contributed by atoms with Crippen molar-refractivity contribution in [1.29, 1.82) is 0 Å². The van der Waals surface area contributed by atoms with Crippen molar-refractivity contribution in [2.75, 3.05) is 6.54 Å². The highest BCUT2D eigenvalue weighted by molar-refractivity contribution is 9.10. The van der Waals surface area contributed by atoms with E-state index in [1.807, 2.05) is 6.92 Å². The van der Waals surface area contributed by atoms with Crippen molar-refractivity contribution < 1.29 is 9.59 Å². The largest absolute Gasteiger partial charge is 0.322 e. The van der Waals surface area contributed by atoms with Crippen LogP contribution >= 0.6 is 15.9 Å². The van der Waals surface area contributed by atoms with Crippen molar-refractivity contribution in [1.82, 2.24) is 9.47 Å². The first-order valence-electron chi connectivity index (χ1n) is 4.85.